The van der Waals surface area contributed by atoms with E-state index >= 15 is 0 Å². The quantitative estimate of drug-likeness (QED) is 0.700. The van der Waals surface area contributed by atoms with Gasteiger partial charge >= 0.3 is 0 Å². The molecule has 5 heteroatoms. The monoisotopic (exact) mass is 308 g/mol. The molecule has 2 aliphatic heterocycles. The van der Waals surface area contributed by atoms with Crippen LogP contribution in [0, 0.1) is 0 Å². The molecule has 2 aliphatic rings. The van der Waals surface area contributed by atoms with Gasteiger partial charge in [0.05, 0.1) is 17.7 Å². The lowest BCUT2D eigenvalue weighted by Gasteiger charge is -2.08. The number of nitrogens with zero attached hydrogens (tertiary/aromatic N) is 2. The van der Waals surface area contributed by atoms with Gasteiger partial charge in [0.25, 0.3) is 11.7 Å². The van der Waals surface area contributed by atoms with E-state index in [4.69, 9.17) is 0 Å². The van der Waals surface area contributed by atoms with Crippen molar-refractivity contribution in [1.29, 1.82) is 0 Å². The molecule has 23 heavy (non-hydrogen) atoms. The summed E-state index contributed by atoms with van der Waals surface area (Å²) in [6.07, 6.45) is 0.562. The molecule has 2 aromatic rings. The van der Waals surface area contributed by atoms with Crippen LogP contribution in [0.15, 0.2) is 48.5 Å². The first-order valence-electron chi connectivity index (χ1n) is 7.26. The minimum atomic E-state index is -0.448. The molecule has 0 aliphatic carbocycles. The van der Waals surface area contributed by atoms with Crippen molar-refractivity contribution < 1.29 is 14.4 Å². The highest BCUT2D eigenvalue weighted by Gasteiger charge is 2.32. The van der Waals surface area contributed by atoms with E-state index in [0.29, 0.717) is 17.7 Å². The summed E-state index contributed by atoms with van der Waals surface area (Å²) in [7, 11) is 3.42. The van der Waals surface area contributed by atoms with Crippen LogP contribution in [0.25, 0.3) is 0 Å². The first-order chi connectivity index (χ1) is 11.0. The minimum Gasteiger partial charge on any atom is -0.315 e. The molecule has 0 radical (unpaired) electrons. The topological polar surface area (TPSA) is 57.7 Å². The second kappa shape index (κ2) is 5.68. The van der Waals surface area contributed by atoms with Crippen molar-refractivity contribution in [2.24, 2.45) is 0 Å². The van der Waals surface area contributed by atoms with Gasteiger partial charge < -0.3 is 9.80 Å². The lowest BCUT2D eigenvalue weighted by atomic mass is 10.1. The number of likely N-dealkylation sites (N-methyl/N-ethyl adjacent to an activating group) is 2. The van der Waals surface area contributed by atoms with E-state index < -0.39 is 11.7 Å². The van der Waals surface area contributed by atoms with E-state index in [9.17, 15) is 14.4 Å². The highest BCUT2D eigenvalue weighted by Crippen LogP contribution is 2.27. The standard InChI is InChI=1S/C9H7NO2.C9H9NO/c1-10-7-5-3-2-4-6(7)8(11)9(10)12;1-10-8-5-3-2-4-7(8)6-9(10)11/h2-5H,1H3;2-5H,6H2,1H3. The molecule has 116 valence electrons. The SMILES string of the molecule is CN1C(=O)C(=O)c2ccccc21.CN1C(=O)Cc2ccccc21. The number of amides is 2. The highest BCUT2D eigenvalue weighted by atomic mass is 16.2. The summed E-state index contributed by atoms with van der Waals surface area (Å²) in [6, 6.07) is 14.9. The van der Waals surface area contributed by atoms with E-state index in [1.54, 1.807) is 36.2 Å². The van der Waals surface area contributed by atoms with Crippen LogP contribution in [0.5, 0.6) is 0 Å². The Morgan fingerprint density at radius 1 is 0.783 bits per heavy atom. The van der Waals surface area contributed by atoms with Gasteiger partial charge in [0, 0.05) is 19.8 Å². The van der Waals surface area contributed by atoms with E-state index in [1.807, 2.05) is 31.3 Å². The Morgan fingerprint density at radius 3 is 2.04 bits per heavy atom. The van der Waals surface area contributed by atoms with Crippen molar-refractivity contribution in [3.8, 4) is 0 Å². The van der Waals surface area contributed by atoms with E-state index in [2.05, 4.69) is 0 Å². The number of hydrogen-bond donors (Lipinski definition) is 0. The van der Waals surface area contributed by atoms with Crippen LogP contribution in [-0.4, -0.2) is 31.7 Å². The number of hydrogen-bond acceptors (Lipinski definition) is 3. The van der Waals surface area contributed by atoms with Gasteiger partial charge in [-0.05, 0) is 23.8 Å². The third-order valence-electron chi connectivity index (χ3n) is 4.08. The average Bonchev–Trinajstić information content (AvgIpc) is 2.99. The molecule has 0 saturated carbocycles. The van der Waals surface area contributed by atoms with Gasteiger partial charge in [-0.15, -0.1) is 0 Å². The van der Waals surface area contributed by atoms with Crippen LogP contribution in [0.2, 0.25) is 0 Å². The number of carbonyl (C=O) groups is 3. The summed E-state index contributed by atoms with van der Waals surface area (Å²) in [5.74, 6) is -0.671. The number of ketones is 1. The Labute approximate surface area is 134 Å². The number of Topliss-reactive ketones (excluding diaryl/α,β-unsaturated/α-hetero) is 1. The zero-order valence-corrected chi connectivity index (χ0v) is 12.9. The smallest absolute Gasteiger partial charge is 0.299 e. The normalized spacial score (nSPS) is 15.3. The predicted octanol–water partition coefficient (Wildman–Crippen LogP) is 2.05. The largest absolute Gasteiger partial charge is 0.315 e. The van der Waals surface area contributed by atoms with E-state index in [1.165, 1.54) is 4.90 Å². The van der Waals surface area contributed by atoms with Crippen LogP contribution < -0.4 is 9.80 Å². The van der Waals surface area contributed by atoms with Gasteiger partial charge in [-0.25, -0.2) is 0 Å². The summed E-state index contributed by atoms with van der Waals surface area (Å²) in [5.41, 5.74) is 3.40. The molecule has 2 aromatic carbocycles. The molecule has 0 unspecified atom stereocenters. The highest BCUT2D eigenvalue weighted by molar-refractivity contribution is 6.52. The molecule has 2 heterocycles. The maximum absolute atomic E-state index is 11.2. The van der Waals surface area contributed by atoms with Crippen LogP contribution in [0.3, 0.4) is 0 Å². The fourth-order valence-corrected chi connectivity index (χ4v) is 2.74. The van der Waals surface area contributed by atoms with Gasteiger partial charge in [0.1, 0.15) is 0 Å². The molecule has 0 bridgehead atoms. The zero-order valence-electron chi connectivity index (χ0n) is 12.9. The van der Waals surface area contributed by atoms with Crippen LogP contribution >= 0.6 is 0 Å². The Morgan fingerprint density at radius 2 is 1.39 bits per heavy atom. The molecular weight excluding hydrogens is 292 g/mol. The molecule has 2 amide bonds. The molecule has 0 atom stereocenters. The van der Waals surface area contributed by atoms with Gasteiger partial charge in [0.2, 0.25) is 5.91 Å². The third-order valence-corrected chi connectivity index (χ3v) is 4.08. The first-order valence-corrected chi connectivity index (χ1v) is 7.26. The van der Waals surface area contributed by atoms with Crippen molar-refractivity contribution in [3.05, 3.63) is 59.7 Å². The summed E-state index contributed by atoms with van der Waals surface area (Å²) < 4.78 is 0. The number of rotatable bonds is 0. The number of benzene rings is 2. The predicted molar refractivity (Wildman–Crippen MR) is 87.7 cm³/mol. The molecule has 4 rings (SSSR count). The lowest BCUT2D eigenvalue weighted by molar-refractivity contribution is -0.117. The van der Waals surface area contributed by atoms with Gasteiger partial charge in [0.15, 0.2) is 0 Å². The first kappa shape index (κ1) is 15.0. The molecule has 0 spiro atoms. The summed E-state index contributed by atoms with van der Waals surface area (Å²) in [6.45, 7) is 0. The second-order valence-electron chi connectivity index (χ2n) is 5.47. The molecule has 5 nitrogen and oxygen atoms in total. The minimum absolute atomic E-state index is 0.186. The van der Waals surface area contributed by atoms with Crippen molar-refractivity contribution >= 4 is 29.0 Å². The fourth-order valence-electron chi connectivity index (χ4n) is 2.74. The molecular formula is C18H16N2O3. The zero-order chi connectivity index (χ0) is 16.6. The third kappa shape index (κ3) is 2.50. The van der Waals surface area contributed by atoms with Gasteiger partial charge in [-0.3, -0.25) is 14.4 Å². The Bertz CT molecular complexity index is 813. The summed E-state index contributed by atoms with van der Waals surface area (Å²) >= 11 is 0. The molecule has 0 aromatic heterocycles. The maximum atomic E-state index is 11.2. The maximum Gasteiger partial charge on any atom is 0.299 e. The van der Waals surface area contributed by atoms with Crippen LogP contribution in [0.1, 0.15) is 15.9 Å². The van der Waals surface area contributed by atoms with Crippen LogP contribution in [-0.2, 0) is 16.0 Å². The molecule has 0 N–H and O–H groups in total. The molecule has 0 saturated heterocycles. The number of carbonyl (C=O) groups excluding carboxylic acids is 3. The van der Waals surface area contributed by atoms with Crippen molar-refractivity contribution in [1.82, 2.24) is 0 Å². The number of para-hydroxylation sites is 2. The van der Waals surface area contributed by atoms with Gasteiger partial charge in [-0.1, -0.05) is 30.3 Å². The van der Waals surface area contributed by atoms with Crippen LogP contribution in [0.4, 0.5) is 11.4 Å². The van der Waals surface area contributed by atoms with E-state index in [-0.39, 0.29) is 5.91 Å². The Balaban J connectivity index is 0.000000136. The molecule has 0 fully saturated rings. The van der Waals surface area contributed by atoms with Crippen molar-refractivity contribution in [2.75, 3.05) is 23.9 Å². The Kier molecular flexibility index (Phi) is 3.70. The van der Waals surface area contributed by atoms with Crippen molar-refractivity contribution in [2.45, 2.75) is 6.42 Å². The van der Waals surface area contributed by atoms with Gasteiger partial charge in [-0.2, -0.15) is 0 Å². The fraction of sp³-hybridized carbons (Fsp3) is 0.167. The average molecular weight is 308 g/mol. The summed E-state index contributed by atoms with van der Waals surface area (Å²) in [5, 5.41) is 0. The van der Waals surface area contributed by atoms with E-state index in [0.717, 1.165) is 11.3 Å². The lowest BCUT2D eigenvalue weighted by Crippen LogP contribution is -2.24. The number of fused-ring (bicyclic) bond motifs is 2. The Hall–Kier alpha value is -2.95. The van der Waals surface area contributed by atoms with Crippen molar-refractivity contribution in [3.63, 3.8) is 0 Å². The second-order valence-corrected chi connectivity index (χ2v) is 5.47. The summed E-state index contributed by atoms with van der Waals surface area (Å²) in [4.78, 5) is 36.6. The number of anilines is 2.